The molecule has 0 aromatic carbocycles. The second-order valence-electron chi connectivity index (χ2n) is 18.3. The molecule has 6 heteroatoms. The molecule has 0 rings (SSSR count). The monoisotopic (exact) mass is 858 g/mol. The molecule has 0 radical (unpaired) electrons. The van der Waals surface area contributed by atoms with E-state index < -0.39 is 18.2 Å². The Labute approximate surface area is 379 Å². The zero-order valence-corrected chi connectivity index (χ0v) is 40.8. The SMILES string of the molecule is CCCCCCC/C=C/C=C/C=C/CCCCCCCC(=O)OC(CCCCCCCCCCCCCCCC)CC(=O)NC(CO)C(O)CCCCCCCCCCCC. The van der Waals surface area contributed by atoms with Gasteiger partial charge in [-0.05, 0) is 51.4 Å². The number of ether oxygens (including phenoxy) is 1. The summed E-state index contributed by atoms with van der Waals surface area (Å²) in [5, 5.41) is 23.7. The first kappa shape index (κ1) is 59.1. The van der Waals surface area contributed by atoms with Crippen LogP contribution in [0.5, 0.6) is 0 Å². The van der Waals surface area contributed by atoms with E-state index in [9.17, 15) is 19.8 Å². The summed E-state index contributed by atoms with van der Waals surface area (Å²) in [6, 6.07) is -0.702. The minimum absolute atomic E-state index is 0.0732. The molecular formula is C55H103NO5. The molecule has 0 aliphatic heterocycles. The van der Waals surface area contributed by atoms with Crippen molar-refractivity contribution in [3.05, 3.63) is 36.5 Å². The maximum Gasteiger partial charge on any atom is 0.306 e. The summed E-state index contributed by atoms with van der Waals surface area (Å²) in [4.78, 5) is 26.2. The van der Waals surface area contributed by atoms with Crippen LogP contribution in [0.25, 0.3) is 0 Å². The largest absolute Gasteiger partial charge is 0.462 e. The van der Waals surface area contributed by atoms with Gasteiger partial charge in [-0.1, -0.05) is 250 Å². The fourth-order valence-corrected chi connectivity index (χ4v) is 8.20. The van der Waals surface area contributed by atoms with Gasteiger partial charge in [0.2, 0.25) is 5.91 Å². The van der Waals surface area contributed by atoms with E-state index in [4.69, 9.17) is 4.74 Å². The molecule has 0 aliphatic carbocycles. The summed E-state index contributed by atoms with van der Waals surface area (Å²) in [5.41, 5.74) is 0. The second-order valence-corrected chi connectivity index (χ2v) is 18.3. The third-order valence-corrected chi connectivity index (χ3v) is 12.3. The van der Waals surface area contributed by atoms with E-state index >= 15 is 0 Å². The molecule has 0 bridgehead atoms. The molecule has 0 aromatic heterocycles. The normalized spacial score (nSPS) is 13.5. The predicted molar refractivity (Wildman–Crippen MR) is 264 cm³/mol. The lowest BCUT2D eigenvalue weighted by Gasteiger charge is -2.24. The number of hydrogen-bond donors (Lipinski definition) is 3. The third-order valence-electron chi connectivity index (χ3n) is 12.3. The lowest BCUT2D eigenvalue weighted by molar-refractivity contribution is -0.151. The van der Waals surface area contributed by atoms with Crippen LogP contribution in [0.3, 0.4) is 0 Å². The molecule has 61 heavy (non-hydrogen) atoms. The predicted octanol–water partition coefficient (Wildman–Crippen LogP) is 16.1. The van der Waals surface area contributed by atoms with E-state index in [1.54, 1.807) is 0 Å². The Morgan fingerprint density at radius 1 is 0.475 bits per heavy atom. The van der Waals surface area contributed by atoms with Gasteiger partial charge < -0.3 is 20.3 Å². The van der Waals surface area contributed by atoms with E-state index in [-0.39, 0.29) is 24.9 Å². The van der Waals surface area contributed by atoms with Crippen molar-refractivity contribution in [2.24, 2.45) is 0 Å². The quantitative estimate of drug-likeness (QED) is 0.0322. The third kappa shape index (κ3) is 44.5. The highest BCUT2D eigenvalue weighted by Gasteiger charge is 2.24. The molecular weight excluding hydrogens is 755 g/mol. The van der Waals surface area contributed by atoms with Crippen LogP contribution in [-0.2, 0) is 14.3 Å². The van der Waals surface area contributed by atoms with Gasteiger partial charge >= 0.3 is 5.97 Å². The lowest BCUT2D eigenvalue weighted by Crippen LogP contribution is -2.46. The number of carbonyl (C=O) groups is 2. The molecule has 0 saturated heterocycles. The molecule has 0 aliphatic rings. The van der Waals surface area contributed by atoms with Crippen LogP contribution < -0.4 is 5.32 Å². The molecule has 0 spiro atoms. The van der Waals surface area contributed by atoms with Crippen molar-refractivity contribution in [1.82, 2.24) is 5.32 Å². The van der Waals surface area contributed by atoms with Crippen molar-refractivity contribution in [1.29, 1.82) is 0 Å². The molecule has 358 valence electrons. The zero-order chi connectivity index (χ0) is 44.5. The Morgan fingerprint density at radius 3 is 1.25 bits per heavy atom. The van der Waals surface area contributed by atoms with Crippen molar-refractivity contribution in [3.8, 4) is 0 Å². The molecule has 1 amide bonds. The highest BCUT2D eigenvalue weighted by molar-refractivity contribution is 5.77. The van der Waals surface area contributed by atoms with Gasteiger partial charge in [0.1, 0.15) is 6.10 Å². The number of rotatable bonds is 48. The minimum atomic E-state index is -0.787. The molecule has 3 atom stereocenters. The molecule has 3 unspecified atom stereocenters. The fourth-order valence-electron chi connectivity index (χ4n) is 8.20. The summed E-state index contributed by atoms with van der Waals surface area (Å²) in [6.45, 7) is 6.47. The van der Waals surface area contributed by atoms with Crippen LogP contribution in [0.15, 0.2) is 36.5 Å². The molecule has 3 N–H and O–H groups in total. The van der Waals surface area contributed by atoms with E-state index in [0.29, 0.717) is 19.3 Å². The van der Waals surface area contributed by atoms with Gasteiger partial charge in [-0.25, -0.2) is 0 Å². The number of aliphatic hydroxyl groups excluding tert-OH is 2. The average Bonchev–Trinajstić information content (AvgIpc) is 3.25. The van der Waals surface area contributed by atoms with E-state index in [2.05, 4.69) is 62.5 Å². The number of nitrogens with one attached hydrogen (secondary N) is 1. The van der Waals surface area contributed by atoms with Crippen LogP contribution in [0, 0.1) is 0 Å². The van der Waals surface area contributed by atoms with Crippen LogP contribution in [0.4, 0.5) is 0 Å². The van der Waals surface area contributed by atoms with Gasteiger partial charge in [-0.3, -0.25) is 9.59 Å². The van der Waals surface area contributed by atoms with Crippen molar-refractivity contribution in [2.45, 2.75) is 296 Å². The van der Waals surface area contributed by atoms with Crippen LogP contribution in [-0.4, -0.2) is 46.9 Å². The summed E-state index contributed by atoms with van der Waals surface area (Å²) in [7, 11) is 0. The van der Waals surface area contributed by atoms with Crippen molar-refractivity contribution in [3.63, 3.8) is 0 Å². The lowest BCUT2D eigenvalue weighted by atomic mass is 10.0. The van der Waals surface area contributed by atoms with E-state index in [1.165, 1.54) is 161 Å². The van der Waals surface area contributed by atoms with Crippen molar-refractivity contribution in [2.75, 3.05) is 6.61 Å². The smallest absolute Gasteiger partial charge is 0.306 e. The topological polar surface area (TPSA) is 95.9 Å². The van der Waals surface area contributed by atoms with Gasteiger partial charge in [0.25, 0.3) is 0 Å². The molecule has 0 heterocycles. The zero-order valence-electron chi connectivity index (χ0n) is 40.8. The Kier molecular flexibility index (Phi) is 47.6. The number of aliphatic hydroxyl groups is 2. The Morgan fingerprint density at radius 2 is 0.836 bits per heavy atom. The fraction of sp³-hybridized carbons (Fsp3) is 0.855. The molecule has 0 fully saturated rings. The van der Waals surface area contributed by atoms with Crippen molar-refractivity contribution < 1.29 is 24.5 Å². The average molecular weight is 858 g/mol. The molecule has 0 aromatic rings. The second kappa shape index (κ2) is 49.1. The number of amides is 1. The number of allylic oxidation sites excluding steroid dienone is 6. The summed E-state index contributed by atoms with van der Waals surface area (Å²) in [5.74, 6) is -0.485. The maximum atomic E-state index is 13.2. The van der Waals surface area contributed by atoms with Crippen LogP contribution in [0.1, 0.15) is 278 Å². The Balaban J connectivity index is 4.58. The van der Waals surface area contributed by atoms with Gasteiger partial charge in [0, 0.05) is 6.42 Å². The molecule has 6 nitrogen and oxygen atoms in total. The highest BCUT2D eigenvalue weighted by atomic mass is 16.5. The summed E-state index contributed by atoms with van der Waals surface area (Å²) in [6.07, 6.45) is 57.7. The van der Waals surface area contributed by atoms with Gasteiger partial charge in [0.15, 0.2) is 0 Å². The van der Waals surface area contributed by atoms with Gasteiger partial charge in [0.05, 0.1) is 25.2 Å². The minimum Gasteiger partial charge on any atom is -0.462 e. The summed E-state index contributed by atoms with van der Waals surface area (Å²) >= 11 is 0. The standard InChI is InChI=1S/C55H103NO5/c1-4-7-10-13-16-19-22-24-26-27-28-29-31-33-36-39-42-45-48-55(60)61-51(46-43-40-37-34-32-30-25-23-20-17-14-11-8-5-2)49-54(59)56-52(50-57)53(58)47-44-41-38-35-21-18-15-12-9-6-3/h22,24,26-29,51-53,57-58H,4-21,23,25,30-50H2,1-3H3,(H,56,59)/b24-22+,27-26+,29-28+. The van der Waals surface area contributed by atoms with Crippen LogP contribution >= 0.6 is 0 Å². The Hall–Kier alpha value is -1.92. The summed E-state index contributed by atoms with van der Waals surface area (Å²) < 4.78 is 5.94. The number of unbranched alkanes of at least 4 members (excludes halogenated alkanes) is 32. The first-order chi connectivity index (χ1) is 30.0. The number of hydrogen-bond acceptors (Lipinski definition) is 5. The van der Waals surface area contributed by atoms with Crippen molar-refractivity contribution >= 4 is 11.9 Å². The first-order valence-electron chi connectivity index (χ1n) is 26.7. The van der Waals surface area contributed by atoms with E-state index in [0.717, 1.165) is 70.6 Å². The first-order valence-corrected chi connectivity index (χ1v) is 26.7. The highest BCUT2D eigenvalue weighted by Crippen LogP contribution is 2.18. The van der Waals surface area contributed by atoms with Crippen LogP contribution in [0.2, 0.25) is 0 Å². The van der Waals surface area contributed by atoms with Gasteiger partial charge in [-0.2, -0.15) is 0 Å². The number of esters is 1. The number of carbonyl (C=O) groups excluding carboxylic acids is 2. The maximum absolute atomic E-state index is 13.2. The Bertz CT molecular complexity index is 1010. The molecule has 0 saturated carbocycles. The van der Waals surface area contributed by atoms with Gasteiger partial charge in [-0.15, -0.1) is 0 Å². The van der Waals surface area contributed by atoms with E-state index in [1.807, 2.05) is 0 Å².